The number of carbonyl (C=O) groups is 1. The zero-order chi connectivity index (χ0) is 25.1. The minimum absolute atomic E-state index is 0.00253. The molecule has 3 aromatic rings. The number of nitrogens with one attached hydrogen (secondary N) is 1. The van der Waals surface area contributed by atoms with Crippen molar-refractivity contribution >= 4 is 33.0 Å². The highest BCUT2D eigenvalue weighted by Gasteiger charge is 2.51. The summed E-state index contributed by atoms with van der Waals surface area (Å²) in [6, 6.07) is 12.6. The summed E-state index contributed by atoms with van der Waals surface area (Å²) in [7, 11) is -2.63. The van der Waals surface area contributed by atoms with Crippen LogP contribution in [0.2, 0.25) is 0 Å². The van der Waals surface area contributed by atoms with Gasteiger partial charge in [-0.15, -0.1) is 11.3 Å². The molecule has 0 spiro atoms. The van der Waals surface area contributed by atoms with E-state index < -0.39 is 16.0 Å². The number of carboxylic acid groups (broad SMARTS) is 1. The lowest BCUT2D eigenvalue weighted by Crippen LogP contribution is -2.48. The van der Waals surface area contributed by atoms with Crippen molar-refractivity contribution in [1.82, 2.24) is 4.98 Å². The zero-order valence-electron chi connectivity index (χ0n) is 19.9. The van der Waals surface area contributed by atoms with Crippen LogP contribution in [0.1, 0.15) is 54.4 Å². The van der Waals surface area contributed by atoms with Gasteiger partial charge in [-0.2, -0.15) is 8.42 Å². The number of ether oxygens (including phenoxy) is 1. The minimum Gasteiger partial charge on any atom is -0.495 e. The van der Waals surface area contributed by atoms with Gasteiger partial charge in [0.05, 0.1) is 18.4 Å². The average Bonchev–Trinajstić information content (AvgIpc) is 3.35. The number of carboxylic acids is 1. The molecule has 4 fully saturated rings. The first kappa shape index (κ1) is 23.5. The summed E-state index contributed by atoms with van der Waals surface area (Å²) in [6.07, 6.45) is 8.16. The number of thiazole rings is 1. The van der Waals surface area contributed by atoms with E-state index in [1.807, 2.05) is 0 Å². The molecule has 0 amide bonds. The van der Waals surface area contributed by atoms with E-state index in [1.165, 1.54) is 86.1 Å². The van der Waals surface area contributed by atoms with Crippen molar-refractivity contribution in [1.29, 1.82) is 0 Å². The summed E-state index contributed by atoms with van der Waals surface area (Å²) in [4.78, 5) is 15.6. The van der Waals surface area contributed by atoms with E-state index >= 15 is 0 Å². The topological polar surface area (TPSA) is 106 Å². The van der Waals surface area contributed by atoms with E-state index in [-0.39, 0.29) is 22.0 Å². The van der Waals surface area contributed by atoms with Crippen molar-refractivity contribution in [3.63, 3.8) is 0 Å². The zero-order valence-corrected chi connectivity index (χ0v) is 21.6. The maximum Gasteiger partial charge on any atom is 0.335 e. The Labute approximate surface area is 214 Å². The number of anilines is 1. The van der Waals surface area contributed by atoms with Gasteiger partial charge in [-0.3, -0.25) is 4.72 Å². The van der Waals surface area contributed by atoms with Gasteiger partial charge in [0.25, 0.3) is 10.0 Å². The fraction of sp³-hybridized carbons (Fsp3) is 0.407. The van der Waals surface area contributed by atoms with Crippen LogP contribution in [0.15, 0.2) is 52.9 Å². The number of hydrogen-bond donors (Lipinski definition) is 2. The quantitative estimate of drug-likeness (QED) is 0.406. The third-order valence-electron chi connectivity index (χ3n) is 8.23. The van der Waals surface area contributed by atoms with E-state index in [0.717, 1.165) is 23.3 Å². The largest absolute Gasteiger partial charge is 0.495 e. The number of aromatic nitrogens is 1. The van der Waals surface area contributed by atoms with Crippen LogP contribution in [-0.2, 0) is 15.4 Å². The number of sulfonamides is 1. The molecule has 4 bridgehead atoms. The highest BCUT2D eigenvalue weighted by Crippen LogP contribution is 2.60. The van der Waals surface area contributed by atoms with E-state index in [2.05, 4.69) is 34.0 Å². The van der Waals surface area contributed by atoms with Crippen LogP contribution in [0, 0.1) is 17.8 Å². The van der Waals surface area contributed by atoms with Crippen molar-refractivity contribution in [2.75, 3.05) is 11.8 Å². The Hall–Kier alpha value is -2.91. The smallest absolute Gasteiger partial charge is 0.335 e. The van der Waals surface area contributed by atoms with Crippen molar-refractivity contribution in [3.05, 3.63) is 59.0 Å². The molecule has 4 saturated carbocycles. The molecule has 2 aromatic carbocycles. The Bertz CT molecular complexity index is 1390. The molecular formula is C27H28N2O5S2. The Morgan fingerprint density at radius 3 is 2.28 bits per heavy atom. The standard InChI is InChI=1S/C27H28N2O5S2/c1-34-23-11-20(26(30)31)4-7-22(23)29-36(32,33)24-15-35-25(28-24)19-2-5-21(6-3-19)27-12-16-8-17(13-27)10-18(9-16)14-27/h2-7,11,15-18,29H,8-10,12-14H2,1H3,(H,30,31). The van der Waals surface area contributed by atoms with Crippen molar-refractivity contribution < 1.29 is 23.1 Å². The average molecular weight is 525 g/mol. The number of nitrogens with zero attached hydrogens (tertiary/aromatic N) is 1. The molecular weight excluding hydrogens is 496 g/mol. The molecule has 0 radical (unpaired) electrons. The summed E-state index contributed by atoms with van der Waals surface area (Å²) < 4.78 is 33.7. The van der Waals surface area contributed by atoms with Crippen LogP contribution in [-0.4, -0.2) is 31.6 Å². The Kier molecular flexibility index (Phi) is 5.60. The Balaban J connectivity index is 1.22. The van der Waals surface area contributed by atoms with E-state index in [9.17, 15) is 13.2 Å². The lowest BCUT2D eigenvalue weighted by Gasteiger charge is -2.57. The highest BCUT2D eigenvalue weighted by atomic mass is 32.2. The van der Waals surface area contributed by atoms with Crippen LogP contribution in [0.4, 0.5) is 5.69 Å². The van der Waals surface area contributed by atoms with Crippen molar-refractivity contribution in [2.45, 2.75) is 49.0 Å². The molecule has 36 heavy (non-hydrogen) atoms. The minimum atomic E-state index is -3.98. The predicted molar refractivity (Wildman–Crippen MR) is 138 cm³/mol. The lowest BCUT2D eigenvalue weighted by molar-refractivity contribution is -0.00518. The number of aromatic carboxylic acids is 1. The molecule has 0 aliphatic heterocycles. The molecule has 1 heterocycles. The molecule has 0 saturated heterocycles. The van der Waals surface area contributed by atoms with Gasteiger partial charge in [-0.1, -0.05) is 24.3 Å². The van der Waals surface area contributed by atoms with Crippen molar-refractivity contribution in [2.24, 2.45) is 17.8 Å². The van der Waals surface area contributed by atoms with Crippen LogP contribution in [0.5, 0.6) is 5.75 Å². The monoisotopic (exact) mass is 524 g/mol. The summed E-state index contributed by atoms with van der Waals surface area (Å²) in [5, 5.41) is 11.2. The molecule has 7 nitrogen and oxygen atoms in total. The van der Waals surface area contributed by atoms with Crippen molar-refractivity contribution in [3.8, 4) is 16.3 Å². The van der Waals surface area contributed by atoms with Gasteiger partial charge in [-0.25, -0.2) is 9.78 Å². The molecule has 0 unspecified atom stereocenters. The van der Waals surface area contributed by atoms with Gasteiger partial charge in [-0.05, 0) is 85.5 Å². The van der Waals surface area contributed by atoms with Crippen LogP contribution in [0.3, 0.4) is 0 Å². The summed E-state index contributed by atoms with van der Waals surface area (Å²) >= 11 is 1.28. The molecule has 1 aromatic heterocycles. The normalized spacial score (nSPS) is 26.6. The number of rotatable bonds is 7. The highest BCUT2D eigenvalue weighted by molar-refractivity contribution is 7.92. The number of methoxy groups -OCH3 is 1. The lowest BCUT2D eigenvalue weighted by atomic mass is 9.48. The van der Waals surface area contributed by atoms with Crippen LogP contribution in [0.25, 0.3) is 10.6 Å². The third kappa shape index (κ3) is 4.08. The SMILES string of the molecule is COc1cc(C(=O)O)ccc1NS(=O)(=O)c1csc(-c2ccc(C34CC5CC(CC(C5)C3)C4)cc2)n1. The van der Waals surface area contributed by atoms with Gasteiger partial charge in [0.15, 0.2) is 5.03 Å². The number of hydrogen-bond acceptors (Lipinski definition) is 6. The van der Waals surface area contributed by atoms with Gasteiger partial charge >= 0.3 is 5.97 Å². The second kappa shape index (κ2) is 8.59. The summed E-state index contributed by atoms with van der Waals surface area (Å²) in [6.45, 7) is 0. The molecule has 188 valence electrons. The second-order valence-corrected chi connectivity index (χ2v) is 13.1. The number of benzene rings is 2. The molecule has 7 rings (SSSR count). The van der Waals surface area contributed by atoms with Crippen LogP contribution >= 0.6 is 11.3 Å². The summed E-state index contributed by atoms with van der Waals surface area (Å²) in [5.74, 6) is 1.65. The third-order valence-corrected chi connectivity index (χ3v) is 10.5. The first-order valence-electron chi connectivity index (χ1n) is 12.3. The summed E-state index contributed by atoms with van der Waals surface area (Å²) in [5.41, 5.74) is 2.80. The maximum atomic E-state index is 13.0. The Morgan fingerprint density at radius 2 is 1.69 bits per heavy atom. The maximum absolute atomic E-state index is 13.0. The molecule has 2 N–H and O–H groups in total. The molecule has 4 aliphatic rings. The fourth-order valence-electron chi connectivity index (χ4n) is 7.05. The first-order valence-corrected chi connectivity index (χ1v) is 14.6. The van der Waals surface area contributed by atoms with E-state index in [1.54, 1.807) is 0 Å². The van der Waals surface area contributed by atoms with Gasteiger partial charge in [0, 0.05) is 10.9 Å². The van der Waals surface area contributed by atoms with Gasteiger partial charge in [0.1, 0.15) is 10.8 Å². The van der Waals surface area contributed by atoms with Gasteiger partial charge < -0.3 is 9.84 Å². The van der Waals surface area contributed by atoms with E-state index in [0.29, 0.717) is 10.4 Å². The second-order valence-electron chi connectivity index (χ2n) is 10.6. The molecule has 9 heteroatoms. The fourth-order valence-corrected chi connectivity index (χ4v) is 9.22. The van der Waals surface area contributed by atoms with E-state index in [4.69, 9.17) is 9.84 Å². The Morgan fingerprint density at radius 1 is 1.06 bits per heavy atom. The van der Waals surface area contributed by atoms with Gasteiger partial charge in [0.2, 0.25) is 0 Å². The molecule has 0 atom stereocenters. The first-order chi connectivity index (χ1) is 17.2. The predicted octanol–water partition coefficient (Wildman–Crippen LogP) is 5.79. The molecule has 4 aliphatic carbocycles. The van der Waals surface area contributed by atoms with Crippen LogP contribution < -0.4 is 9.46 Å².